The van der Waals surface area contributed by atoms with E-state index in [1.54, 1.807) is 20.8 Å². The SMILES string of the molecule is CC(C)(C)C(=O)O.COc1cc(F)cc(-c2ccc3c(c2)N(S(=O)(=O)c2cccc(C(F)(F)F)c2)CCO3)c1F. The fourth-order valence-electron chi connectivity index (χ4n) is 3.49. The second-order valence-electron chi connectivity index (χ2n) is 9.66. The zero-order valence-corrected chi connectivity index (χ0v) is 22.7. The van der Waals surface area contributed by atoms with Gasteiger partial charge in [0.05, 0.1) is 35.2 Å². The molecule has 0 aliphatic carbocycles. The molecule has 40 heavy (non-hydrogen) atoms. The number of halogens is 5. The number of sulfonamides is 1. The Kier molecular flexibility index (Phi) is 8.68. The highest BCUT2D eigenvalue weighted by molar-refractivity contribution is 7.92. The average Bonchev–Trinajstić information content (AvgIpc) is 2.88. The molecule has 0 fully saturated rings. The van der Waals surface area contributed by atoms with E-state index in [1.165, 1.54) is 25.3 Å². The van der Waals surface area contributed by atoms with Gasteiger partial charge in [-0.15, -0.1) is 0 Å². The minimum atomic E-state index is -4.73. The molecule has 3 aromatic carbocycles. The first-order valence-electron chi connectivity index (χ1n) is 11.7. The predicted octanol–water partition coefficient (Wildman–Crippen LogP) is 6.36. The van der Waals surface area contributed by atoms with Crippen molar-refractivity contribution in [3.8, 4) is 22.6 Å². The van der Waals surface area contributed by atoms with Gasteiger partial charge in [-0.05, 0) is 62.7 Å². The molecule has 0 saturated carbocycles. The Bertz CT molecular complexity index is 1520. The number of hydrogen-bond acceptors (Lipinski definition) is 5. The van der Waals surface area contributed by atoms with Crippen LogP contribution in [0.3, 0.4) is 0 Å². The largest absolute Gasteiger partial charge is 0.494 e. The van der Waals surface area contributed by atoms with Crippen LogP contribution in [0.2, 0.25) is 0 Å². The zero-order chi connectivity index (χ0) is 30.0. The van der Waals surface area contributed by atoms with Crippen LogP contribution in [0.25, 0.3) is 11.1 Å². The van der Waals surface area contributed by atoms with Crippen molar-refractivity contribution in [1.82, 2.24) is 0 Å². The van der Waals surface area contributed by atoms with E-state index < -0.39 is 49.7 Å². The van der Waals surface area contributed by atoms with Crippen molar-refractivity contribution in [2.75, 3.05) is 24.6 Å². The van der Waals surface area contributed by atoms with E-state index in [0.717, 1.165) is 34.6 Å². The fourth-order valence-corrected chi connectivity index (χ4v) is 4.99. The Hall–Kier alpha value is -3.87. The number of hydrogen-bond donors (Lipinski definition) is 1. The van der Waals surface area contributed by atoms with E-state index in [2.05, 4.69) is 0 Å². The number of anilines is 1. The van der Waals surface area contributed by atoms with Crippen molar-refractivity contribution in [2.24, 2.45) is 5.41 Å². The quantitative estimate of drug-likeness (QED) is 0.357. The normalized spacial score (nSPS) is 13.5. The molecule has 1 aliphatic rings. The number of carboxylic acids is 1. The third-order valence-electron chi connectivity index (χ3n) is 5.71. The highest BCUT2D eigenvalue weighted by Crippen LogP contribution is 2.41. The van der Waals surface area contributed by atoms with Gasteiger partial charge in [0, 0.05) is 11.6 Å². The standard InChI is InChI=1S/C22H16F5NO4S.C5H10O2/c1-31-20-12-15(23)11-17(21(20)24)13-5-6-19-18(9-13)28(7-8-32-19)33(29,30)16-4-2-3-14(10-16)22(25,26)27;1-5(2,3)4(6)7/h2-6,9-12H,7-8H2,1H3;1-3H3,(H,6,7). The Labute approximate surface area is 227 Å². The van der Waals surface area contributed by atoms with Gasteiger partial charge in [0.1, 0.15) is 18.2 Å². The van der Waals surface area contributed by atoms with Gasteiger partial charge in [-0.2, -0.15) is 13.2 Å². The average molecular weight is 588 g/mol. The van der Waals surface area contributed by atoms with E-state index in [1.807, 2.05) is 0 Å². The first-order valence-corrected chi connectivity index (χ1v) is 13.1. The number of carbonyl (C=O) groups is 1. The molecular formula is C27H26F5NO6S. The summed E-state index contributed by atoms with van der Waals surface area (Å²) in [5.41, 5.74) is -1.77. The molecule has 0 bridgehead atoms. The van der Waals surface area contributed by atoms with Crippen LogP contribution in [-0.2, 0) is 21.0 Å². The molecule has 1 heterocycles. The molecule has 3 aromatic rings. The zero-order valence-electron chi connectivity index (χ0n) is 21.8. The van der Waals surface area contributed by atoms with Crippen molar-refractivity contribution < 1.29 is 49.7 Å². The van der Waals surface area contributed by atoms with Crippen molar-refractivity contribution in [3.05, 3.63) is 71.8 Å². The number of aliphatic carboxylic acids is 1. The molecule has 0 aromatic heterocycles. The molecule has 1 aliphatic heterocycles. The minimum absolute atomic E-state index is 0.0150. The molecule has 0 saturated heterocycles. The van der Waals surface area contributed by atoms with Gasteiger partial charge in [-0.25, -0.2) is 17.2 Å². The van der Waals surface area contributed by atoms with Crippen molar-refractivity contribution in [3.63, 3.8) is 0 Å². The third-order valence-corrected chi connectivity index (χ3v) is 7.51. The van der Waals surface area contributed by atoms with Crippen LogP contribution in [0.4, 0.5) is 27.6 Å². The third kappa shape index (κ3) is 6.64. The lowest BCUT2D eigenvalue weighted by Gasteiger charge is -2.31. The Morgan fingerprint density at radius 1 is 1.02 bits per heavy atom. The van der Waals surface area contributed by atoms with Crippen LogP contribution in [0, 0.1) is 17.0 Å². The maximum absolute atomic E-state index is 14.8. The maximum atomic E-state index is 14.8. The molecule has 1 N–H and O–H groups in total. The summed E-state index contributed by atoms with van der Waals surface area (Å²) in [6, 6.07) is 9.24. The van der Waals surface area contributed by atoms with E-state index >= 15 is 0 Å². The summed E-state index contributed by atoms with van der Waals surface area (Å²) in [5.74, 6) is -2.60. The predicted molar refractivity (Wildman–Crippen MR) is 137 cm³/mol. The molecule has 0 atom stereocenters. The van der Waals surface area contributed by atoms with Crippen molar-refractivity contribution in [2.45, 2.75) is 31.8 Å². The minimum Gasteiger partial charge on any atom is -0.494 e. The van der Waals surface area contributed by atoms with Crippen LogP contribution in [0.1, 0.15) is 26.3 Å². The Morgan fingerprint density at radius 3 is 2.25 bits per heavy atom. The molecule has 0 amide bonds. The molecule has 0 unspecified atom stereocenters. The van der Waals surface area contributed by atoms with Gasteiger partial charge < -0.3 is 14.6 Å². The van der Waals surface area contributed by atoms with Crippen molar-refractivity contribution in [1.29, 1.82) is 0 Å². The Balaban J connectivity index is 0.000000559. The summed E-state index contributed by atoms with van der Waals surface area (Å²) in [7, 11) is -3.26. The summed E-state index contributed by atoms with van der Waals surface area (Å²) in [5, 5.41) is 8.25. The number of ether oxygens (including phenoxy) is 2. The molecule has 0 spiro atoms. The summed E-state index contributed by atoms with van der Waals surface area (Å²) in [6.45, 7) is 4.75. The number of benzene rings is 3. The summed E-state index contributed by atoms with van der Waals surface area (Å²) >= 11 is 0. The van der Waals surface area contributed by atoms with E-state index in [-0.39, 0.29) is 41.5 Å². The van der Waals surface area contributed by atoms with Gasteiger partial charge in [-0.3, -0.25) is 9.10 Å². The van der Waals surface area contributed by atoms with Crippen LogP contribution >= 0.6 is 0 Å². The maximum Gasteiger partial charge on any atom is 0.416 e. The van der Waals surface area contributed by atoms with Crippen LogP contribution in [-0.4, -0.2) is 39.8 Å². The topological polar surface area (TPSA) is 93.1 Å². The molecule has 4 rings (SSSR count). The lowest BCUT2D eigenvalue weighted by Crippen LogP contribution is -2.38. The number of methoxy groups -OCH3 is 1. The molecule has 0 radical (unpaired) electrons. The van der Waals surface area contributed by atoms with Crippen molar-refractivity contribution >= 4 is 21.7 Å². The number of fused-ring (bicyclic) bond motifs is 1. The van der Waals surface area contributed by atoms with E-state index in [4.69, 9.17) is 14.6 Å². The number of rotatable bonds is 4. The lowest BCUT2D eigenvalue weighted by molar-refractivity contribution is -0.145. The van der Waals surface area contributed by atoms with Crippen LogP contribution in [0.15, 0.2) is 59.5 Å². The first-order chi connectivity index (χ1) is 18.5. The van der Waals surface area contributed by atoms with Gasteiger partial charge in [-0.1, -0.05) is 12.1 Å². The second-order valence-corrected chi connectivity index (χ2v) is 11.5. The number of nitrogens with zero attached hydrogens (tertiary/aromatic N) is 1. The van der Waals surface area contributed by atoms with Gasteiger partial charge in [0.2, 0.25) is 0 Å². The summed E-state index contributed by atoms with van der Waals surface area (Å²) < 4.78 is 106. The Morgan fingerprint density at radius 2 is 1.68 bits per heavy atom. The fraction of sp³-hybridized carbons (Fsp3) is 0.296. The molecular weight excluding hydrogens is 561 g/mol. The molecule has 7 nitrogen and oxygen atoms in total. The van der Waals surface area contributed by atoms with E-state index in [9.17, 15) is 35.2 Å². The number of alkyl halides is 3. The number of carboxylic acid groups (broad SMARTS) is 1. The monoisotopic (exact) mass is 587 g/mol. The van der Waals surface area contributed by atoms with Gasteiger partial charge >= 0.3 is 12.1 Å². The highest BCUT2D eigenvalue weighted by atomic mass is 32.2. The van der Waals surface area contributed by atoms with Gasteiger partial charge in [0.15, 0.2) is 11.6 Å². The molecule has 216 valence electrons. The highest BCUT2D eigenvalue weighted by Gasteiger charge is 2.35. The smallest absolute Gasteiger partial charge is 0.416 e. The molecule has 13 heteroatoms. The van der Waals surface area contributed by atoms with E-state index in [0.29, 0.717) is 6.07 Å². The van der Waals surface area contributed by atoms with Crippen LogP contribution < -0.4 is 13.8 Å². The lowest BCUT2D eigenvalue weighted by atomic mass is 9.98. The first kappa shape index (κ1) is 30.7. The summed E-state index contributed by atoms with van der Waals surface area (Å²) in [4.78, 5) is 9.46. The van der Waals surface area contributed by atoms with Crippen LogP contribution in [0.5, 0.6) is 11.5 Å². The summed E-state index contributed by atoms with van der Waals surface area (Å²) in [6.07, 6.45) is -4.73. The van der Waals surface area contributed by atoms with Gasteiger partial charge in [0.25, 0.3) is 10.0 Å². The second kappa shape index (κ2) is 11.3.